The molecule has 1 N–H and O–H groups in total. The molecule has 0 spiro atoms. The summed E-state index contributed by atoms with van der Waals surface area (Å²) in [6.45, 7) is 8.09. The van der Waals surface area contributed by atoms with Crippen molar-refractivity contribution in [2.45, 2.75) is 12.5 Å². The standard InChI is InChI=1S/C15H19N3/c1-2-3-15(18-10-8-17-9-11-18)14-6-4-13(12-16)5-7-14/h2,4-7,15,17H,1,3,8-11H2/t15-/m0/s1. The topological polar surface area (TPSA) is 39.1 Å². The molecule has 0 aromatic heterocycles. The first-order chi connectivity index (χ1) is 8.85. The van der Waals surface area contributed by atoms with Crippen LogP contribution in [0.4, 0.5) is 0 Å². The van der Waals surface area contributed by atoms with Crippen molar-refractivity contribution in [2.24, 2.45) is 0 Å². The second-order valence-corrected chi connectivity index (χ2v) is 4.56. The highest BCUT2D eigenvalue weighted by atomic mass is 15.2. The van der Waals surface area contributed by atoms with Crippen molar-refractivity contribution in [3.8, 4) is 6.07 Å². The van der Waals surface area contributed by atoms with E-state index >= 15 is 0 Å². The van der Waals surface area contributed by atoms with Crippen LogP contribution in [-0.2, 0) is 0 Å². The molecule has 1 aliphatic rings. The Labute approximate surface area is 109 Å². The first-order valence-corrected chi connectivity index (χ1v) is 6.41. The number of hydrogen-bond donors (Lipinski definition) is 1. The van der Waals surface area contributed by atoms with Crippen molar-refractivity contribution in [2.75, 3.05) is 26.2 Å². The number of nitrogens with one attached hydrogen (secondary N) is 1. The second kappa shape index (κ2) is 6.34. The van der Waals surface area contributed by atoms with Gasteiger partial charge in [0.15, 0.2) is 0 Å². The third kappa shape index (κ3) is 2.98. The van der Waals surface area contributed by atoms with E-state index in [1.54, 1.807) is 0 Å². The van der Waals surface area contributed by atoms with Crippen LogP contribution in [0, 0.1) is 11.3 Å². The van der Waals surface area contributed by atoms with E-state index in [9.17, 15) is 0 Å². The highest BCUT2D eigenvalue weighted by Gasteiger charge is 2.20. The minimum Gasteiger partial charge on any atom is -0.314 e. The maximum Gasteiger partial charge on any atom is 0.0991 e. The summed E-state index contributed by atoms with van der Waals surface area (Å²) in [5.41, 5.74) is 1.99. The van der Waals surface area contributed by atoms with Gasteiger partial charge in [0.2, 0.25) is 0 Å². The Hall–Kier alpha value is -1.63. The summed E-state index contributed by atoms with van der Waals surface area (Å²) in [7, 11) is 0. The Balaban J connectivity index is 2.17. The minimum atomic E-state index is 0.386. The third-order valence-electron chi connectivity index (χ3n) is 3.41. The van der Waals surface area contributed by atoms with Gasteiger partial charge in [-0.2, -0.15) is 5.26 Å². The van der Waals surface area contributed by atoms with E-state index in [2.05, 4.69) is 35.0 Å². The largest absolute Gasteiger partial charge is 0.314 e. The summed E-state index contributed by atoms with van der Waals surface area (Å²) in [6, 6.07) is 10.5. The molecule has 1 aliphatic heterocycles. The molecule has 94 valence electrons. The van der Waals surface area contributed by atoms with Crippen LogP contribution >= 0.6 is 0 Å². The fourth-order valence-electron chi connectivity index (χ4n) is 2.43. The smallest absolute Gasteiger partial charge is 0.0991 e. The van der Waals surface area contributed by atoms with Gasteiger partial charge in [-0.15, -0.1) is 6.58 Å². The summed E-state index contributed by atoms with van der Waals surface area (Å²) >= 11 is 0. The molecule has 1 aromatic carbocycles. The molecule has 0 unspecified atom stereocenters. The Morgan fingerprint density at radius 3 is 2.56 bits per heavy atom. The Kier molecular flexibility index (Phi) is 4.52. The van der Waals surface area contributed by atoms with Crippen molar-refractivity contribution in [1.29, 1.82) is 5.26 Å². The van der Waals surface area contributed by atoms with Gasteiger partial charge in [-0.3, -0.25) is 4.90 Å². The fourth-order valence-corrected chi connectivity index (χ4v) is 2.43. The van der Waals surface area contributed by atoms with Gasteiger partial charge < -0.3 is 5.32 Å². The number of benzene rings is 1. The summed E-state index contributed by atoms with van der Waals surface area (Å²) in [5, 5.41) is 12.2. The molecular weight excluding hydrogens is 222 g/mol. The van der Waals surface area contributed by atoms with Gasteiger partial charge >= 0.3 is 0 Å². The van der Waals surface area contributed by atoms with E-state index in [0.717, 1.165) is 38.2 Å². The fraction of sp³-hybridized carbons (Fsp3) is 0.400. The van der Waals surface area contributed by atoms with Crippen LogP contribution in [0.3, 0.4) is 0 Å². The van der Waals surface area contributed by atoms with Crippen LogP contribution in [0.25, 0.3) is 0 Å². The van der Waals surface area contributed by atoms with Crippen molar-refractivity contribution in [3.63, 3.8) is 0 Å². The second-order valence-electron chi connectivity index (χ2n) is 4.56. The molecule has 3 heteroatoms. The molecule has 0 amide bonds. The zero-order valence-corrected chi connectivity index (χ0v) is 10.6. The zero-order chi connectivity index (χ0) is 12.8. The molecule has 3 nitrogen and oxygen atoms in total. The van der Waals surface area contributed by atoms with Gasteiger partial charge in [-0.05, 0) is 24.1 Å². The number of nitriles is 1. The lowest BCUT2D eigenvalue weighted by molar-refractivity contribution is 0.174. The summed E-state index contributed by atoms with van der Waals surface area (Å²) in [6.07, 6.45) is 2.93. The maximum atomic E-state index is 8.83. The lowest BCUT2D eigenvalue weighted by Crippen LogP contribution is -2.45. The molecule has 1 fully saturated rings. The van der Waals surface area contributed by atoms with Crippen LogP contribution in [0.5, 0.6) is 0 Å². The maximum absolute atomic E-state index is 8.83. The van der Waals surface area contributed by atoms with Gasteiger partial charge in [0.1, 0.15) is 0 Å². The molecule has 0 saturated carbocycles. The minimum absolute atomic E-state index is 0.386. The number of hydrogen-bond acceptors (Lipinski definition) is 3. The Morgan fingerprint density at radius 1 is 1.33 bits per heavy atom. The number of nitrogens with zero attached hydrogens (tertiary/aromatic N) is 2. The molecule has 2 rings (SSSR count). The SMILES string of the molecule is C=CC[C@@H](c1ccc(C#N)cc1)N1CCNCC1. The molecule has 18 heavy (non-hydrogen) atoms. The quantitative estimate of drug-likeness (QED) is 0.820. The van der Waals surface area contributed by atoms with E-state index in [1.165, 1.54) is 5.56 Å². The Bertz CT molecular complexity index is 424. The van der Waals surface area contributed by atoms with E-state index in [-0.39, 0.29) is 0 Å². The van der Waals surface area contributed by atoms with Crippen LogP contribution in [-0.4, -0.2) is 31.1 Å². The zero-order valence-electron chi connectivity index (χ0n) is 10.6. The lowest BCUT2D eigenvalue weighted by Gasteiger charge is -2.34. The van der Waals surface area contributed by atoms with E-state index in [4.69, 9.17) is 5.26 Å². The molecule has 0 radical (unpaired) electrons. The molecule has 1 saturated heterocycles. The summed E-state index contributed by atoms with van der Waals surface area (Å²) < 4.78 is 0. The van der Waals surface area contributed by atoms with Gasteiger partial charge in [-0.1, -0.05) is 18.2 Å². The predicted octanol–water partition coefficient (Wildman–Crippen LogP) is 2.08. The number of piperazine rings is 1. The lowest BCUT2D eigenvalue weighted by atomic mass is 10.00. The van der Waals surface area contributed by atoms with Crippen LogP contribution in [0.1, 0.15) is 23.6 Å². The van der Waals surface area contributed by atoms with Crippen LogP contribution < -0.4 is 5.32 Å². The molecular formula is C15H19N3. The highest BCUT2D eigenvalue weighted by molar-refractivity contribution is 5.33. The molecule has 0 bridgehead atoms. The van der Waals surface area contributed by atoms with Gasteiger partial charge in [0.05, 0.1) is 11.6 Å². The first-order valence-electron chi connectivity index (χ1n) is 6.41. The van der Waals surface area contributed by atoms with Crippen molar-refractivity contribution in [1.82, 2.24) is 10.2 Å². The van der Waals surface area contributed by atoms with Crippen molar-refractivity contribution < 1.29 is 0 Å². The monoisotopic (exact) mass is 241 g/mol. The molecule has 1 atom stereocenters. The molecule has 1 aromatic rings. The van der Waals surface area contributed by atoms with E-state index in [0.29, 0.717) is 6.04 Å². The highest BCUT2D eigenvalue weighted by Crippen LogP contribution is 2.25. The van der Waals surface area contributed by atoms with E-state index in [1.807, 2.05) is 18.2 Å². The summed E-state index contributed by atoms with van der Waals surface area (Å²) in [4.78, 5) is 2.49. The van der Waals surface area contributed by atoms with Crippen molar-refractivity contribution in [3.05, 3.63) is 48.0 Å². The van der Waals surface area contributed by atoms with Crippen LogP contribution in [0.15, 0.2) is 36.9 Å². The van der Waals surface area contributed by atoms with Gasteiger partial charge in [-0.25, -0.2) is 0 Å². The Morgan fingerprint density at radius 2 is 2.00 bits per heavy atom. The van der Waals surface area contributed by atoms with Gasteiger partial charge in [0, 0.05) is 32.2 Å². The molecule has 0 aliphatic carbocycles. The average Bonchev–Trinajstić information content (AvgIpc) is 2.46. The van der Waals surface area contributed by atoms with Gasteiger partial charge in [0.25, 0.3) is 0 Å². The van der Waals surface area contributed by atoms with E-state index < -0.39 is 0 Å². The first kappa shape index (κ1) is 12.8. The summed E-state index contributed by atoms with van der Waals surface area (Å²) in [5.74, 6) is 0. The molecule has 1 heterocycles. The normalized spacial score (nSPS) is 17.9. The predicted molar refractivity (Wildman–Crippen MR) is 73.2 cm³/mol. The third-order valence-corrected chi connectivity index (χ3v) is 3.41. The van der Waals surface area contributed by atoms with Crippen molar-refractivity contribution >= 4 is 0 Å². The average molecular weight is 241 g/mol. The van der Waals surface area contributed by atoms with Crippen LogP contribution in [0.2, 0.25) is 0 Å². The number of rotatable bonds is 4.